The van der Waals surface area contributed by atoms with Crippen LogP contribution in [-0.4, -0.2) is 37.2 Å². The van der Waals surface area contributed by atoms with Crippen LogP contribution >= 0.6 is 0 Å². The molecule has 0 N–H and O–H groups in total. The third-order valence-corrected chi connectivity index (χ3v) is 12.4. The largest absolute Gasteiger partial charge is 0.462 e. The van der Waals surface area contributed by atoms with Crippen molar-refractivity contribution in [2.45, 2.75) is 284 Å². The van der Waals surface area contributed by atoms with E-state index in [9.17, 15) is 14.4 Å². The van der Waals surface area contributed by atoms with Crippen LogP contribution in [0.1, 0.15) is 278 Å². The zero-order valence-corrected chi connectivity index (χ0v) is 45.3. The highest BCUT2D eigenvalue weighted by atomic mass is 16.6. The lowest BCUT2D eigenvalue weighted by Crippen LogP contribution is -2.30. The van der Waals surface area contributed by atoms with Gasteiger partial charge in [0.05, 0.1) is 0 Å². The van der Waals surface area contributed by atoms with Crippen molar-refractivity contribution in [3.63, 3.8) is 0 Å². The van der Waals surface area contributed by atoms with E-state index >= 15 is 0 Å². The Labute approximate surface area is 426 Å². The first-order chi connectivity index (χ1) is 34.0. The quantitative estimate of drug-likeness (QED) is 0.0262. The molecule has 0 aromatic heterocycles. The van der Waals surface area contributed by atoms with E-state index < -0.39 is 6.10 Å². The summed E-state index contributed by atoms with van der Waals surface area (Å²) in [5.74, 6) is -0.923. The molecule has 1 atom stereocenters. The number of carbonyl (C=O) groups is 3. The van der Waals surface area contributed by atoms with Crippen LogP contribution in [0.4, 0.5) is 0 Å². The maximum atomic E-state index is 12.8. The van der Waals surface area contributed by atoms with E-state index in [1.165, 1.54) is 128 Å². The van der Waals surface area contributed by atoms with Crippen molar-refractivity contribution in [2.24, 2.45) is 0 Å². The second kappa shape index (κ2) is 57.2. The smallest absolute Gasteiger partial charge is 0.306 e. The molecule has 69 heavy (non-hydrogen) atoms. The van der Waals surface area contributed by atoms with Crippen LogP contribution in [0.5, 0.6) is 0 Å². The standard InChI is InChI=1S/C63H108O6/c1-4-7-10-13-16-19-22-25-27-29-30-31-32-34-35-38-41-44-47-50-53-56-62(65)68-59-60(58-67-61(64)55-52-49-46-43-40-37-24-21-18-15-12-9-6-3)69-63(66)57-54-51-48-45-42-39-36-33-28-26-23-20-17-14-11-8-5-2/h8,11,17,20-22,24-26,28-30,36,39,60H,4-7,9-10,12-16,18-19,23,27,31-35,37-38,40-59H2,1-3H3/b11-8-,20-17-,24-21-,25-22-,28-26-,30-29-,39-36-. The van der Waals surface area contributed by atoms with Crippen molar-refractivity contribution in [3.8, 4) is 0 Å². The minimum Gasteiger partial charge on any atom is -0.462 e. The zero-order chi connectivity index (χ0) is 50.0. The summed E-state index contributed by atoms with van der Waals surface area (Å²) in [6, 6.07) is 0. The van der Waals surface area contributed by atoms with E-state index in [0.29, 0.717) is 19.3 Å². The molecule has 1 unspecified atom stereocenters. The molecular formula is C63H108O6. The Kier molecular flexibility index (Phi) is 54.3. The fourth-order valence-corrected chi connectivity index (χ4v) is 7.99. The Morgan fingerprint density at radius 2 is 0.565 bits per heavy atom. The van der Waals surface area contributed by atoms with Crippen LogP contribution in [0, 0.1) is 0 Å². The summed E-state index contributed by atoms with van der Waals surface area (Å²) in [5.41, 5.74) is 0. The number of ether oxygens (including phenoxy) is 3. The average molecular weight is 962 g/mol. The van der Waals surface area contributed by atoms with E-state index in [4.69, 9.17) is 14.2 Å². The summed E-state index contributed by atoms with van der Waals surface area (Å²) in [5, 5.41) is 0. The Morgan fingerprint density at radius 1 is 0.304 bits per heavy atom. The second-order valence-corrected chi connectivity index (χ2v) is 19.2. The molecule has 0 fully saturated rings. The number of unbranched alkanes of at least 4 members (excludes halogenated alkanes) is 27. The summed E-state index contributed by atoms with van der Waals surface area (Å²) < 4.78 is 16.8. The first kappa shape index (κ1) is 65.6. The summed E-state index contributed by atoms with van der Waals surface area (Å²) >= 11 is 0. The van der Waals surface area contributed by atoms with Gasteiger partial charge in [0, 0.05) is 19.3 Å². The van der Waals surface area contributed by atoms with Crippen LogP contribution in [0.2, 0.25) is 0 Å². The molecule has 0 saturated heterocycles. The molecule has 0 aliphatic heterocycles. The molecule has 396 valence electrons. The summed E-state index contributed by atoms with van der Waals surface area (Å²) in [6.07, 6.45) is 74.3. The fraction of sp³-hybridized carbons (Fsp3) is 0.730. The van der Waals surface area contributed by atoms with E-state index in [1.54, 1.807) is 0 Å². The summed E-state index contributed by atoms with van der Waals surface area (Å²) in [4.78, 5) is 38.2. The van der Waals surface area contributed by atoms with Crippen LogP contribution in [-0.2, 0) is 28.6 Å². The average Bonchev–Trinajstić information content (AvgIpc) is 3.35. The van der Waals surface area contributed by atoms with Gasteiger partial charge in [-0.15, -0.1) is 0 Å². The van der Waals surface area contributed by atoms with Gasteiger partial charge in [-0.2, -0.15) is 0 Å². The number of carbonyl (C=O) groups excluding carboxylic acids is 3. The molecule has 0 rings (SSSR count). The van der Waals surface area contributed by atoms with Gasteiger partial charge in [-0.25, -0.2) is 0 Å². The molecule has 0 spiro atoms. The van der Waals surface area contributed by atoms with Crippen molar-refractivity contribution in [3.05, 3.63) is 85.1 Å². The second-order valence-electron chi connectivity index (χ2n) is 19.2. The van der Waals surface area contributed by atoms with Gasteiger partial charge in [-0.05, 0) is 116 Å². The fourth-order valence-electron chi connectivity index (χ4n) is 7.99. The number of rotatable bonds is 52. The van der Waals surface area contributed by atoms with Gasteiger partial charge < -0.3 is 14.2 Å². The van der Waals surface area contributed by atoms with Crippen molar-refractivity contribution < 1.29 is 28.6 Å². The lowest BCUT2D eigenvalue weighted by molar-refractivity contribution is -0.167. The van der Waals surface area contributed by atoms with Gasteiger partial charge in [0.25, 0.3) is 0 Å². The van der Waals surface area contributed by atoms with Crippen molar-refractivity contribution >= 4 is 17.9 Å². The lowest BCUT2D eigenvalue weighted by Gasteiger charge is -2.18. The molecular weight excluding hydrogens is 853 g/mol. The number of hydrogen-bond donors (Lipinski definition) is 0. The number of esters is 3. The maximum Gasteiger partial charge on any atom is 0.306 e. The predicted molar refractivity (Wildman–Crippen MR) is 297 cm³/mol. The first-order valence-corrected chi connectivity index (χ1v) is 29.1. The molecule has 0 aromatic carbocycles. The highest BCUT2D eigenvalue weighted by Crippen LogP contribution is 2.15. The predicted octanol–water partition coefficient (Wildman–Crippen LogP) is 19.5. The topological polar surface area (TPSA) is 78.9 Å². The van der Waals surface area contributed by atoms with Crippen LogP contribution in [0.3, 0.4) is 0 Å². The molecule has 6 nitrogen and oxygen atoms in total. The molecule has 0 bridgehead atoms. The van der Waals surface area contributed by atoms with Gasteiger partial charge in [0.2, 0.25) is 0 Å². The van der Waals surface area contributed by atoms with Crippen molar-refractivity contribution in [1.29, 1.82) is 0 Å². The Balaban J connectivity index is 4.40. The number of hydrogen-bond acceptors (Lipinski definition) is 6. The van der Waals surface area contributed by atoms with Gasteiger partial charge in [-0.1, -0.05) is 228 Å². The highest BCUT2D eigenvalue weighted by Gasteiger charge is 2.19. The van der Waals surface area contributed by atoms with Crippen molar-refractivity contribution in [1.82, 2.24) is 0 Å². The SMILES string of the molecule is CC/C=C\C/C=C\C/C=C\C/C=C\CCCCCCC(=O)OC(COC(=O)CCCCCCC/C=C\CCCCCC)COC(=O)CCCCCCCCCCC/C=C\C/C=C\CCCCCCC. The van der Waals surface area contributed by atoms with Crippen LogP contribution in [0.25, 0.3) is 0 Å². The van der Waals surface area contributed by atoms with E-state index in [-0.39, 0.29) is 31.1 Å². The Hall–Kier alpha value is -3.41. The van der Waals surface area contributed by atoms with Gasteiger partial charge in [-0.3, -0.25) is 14.4 Å². The van der Waals surface area contributed by atoms with Gasteiger partial charge >= 0.3 is 17.9 Å². The molecule has 0 aliphatic carbocycles. The minimum atomic E-state index is -0.795. The molecule has 6 heteroatoms. The molecule has 0 aromatic rings. The summed E-state index contributed by atoms with van der Waals surface area (Å²) in [6.45, 7) is 6.48. The molecule has 0 radical (unpaired) electrons. The Morgan fingerprint density at radius 3 is 0.913 bits per heavy atom. The normalized spacial score (nSPS) is 12.7. The lowest BCUT2D eigenvalue weighted by atomic mass is 10.1. The number of allylic oxidation sites excluding steroid dienone is 14. The molecule has 0 amide bonds. The third-order valence-electron chi connectivity index (χ3n) is 12.4. The van der Waals surface area contributed by atoms with E-state index in [0.717, 1.165) is 109 Å². The third kappa shape index (κ3) is 55.4. The van der Waals surface area contributed by atoms with Gasteiger partial charge in [0.1, 0.15) is 13.2 Å². The van der Waals surface area contributed by atoms with Gasteiger partial charge in [0.15, 0.2) is 6.10 Å². The van der Waals surface area contributed by atoms with E-state index in [2.05, 4.69) is 106 Å². The monoisotopic (exact) mass is 961 g/mol. The van der Waals surface area contributed by atoms with Crippen LogP contribution < -0.4 is 0 Å². The molecule has 0 saturated carbocycles. The maximum absolute atomic E-state index is 12.8. The first-order valence-electron chi connectivity index (χ1n) is 29.1. The highest BCUT2D eigenvalue weighted by molar-refractivity contribution is 5.71. The van der Waals surface area contributed by atoms with Crippen molar-refractivity contribution in [2.75, 3.05) is 13.2 Å². The van der Waals surface area contributed by atoms with E-state index in [1.807, 2.05) is 0 Å². The minimum absolute atomic E-state index is 0.0913. The Bertz CT molecular complexity index is 1330. The molecule has 0 heterocycles. The summed E-state index contributed by atoms with van der Waals surface area (Å²) in [7, 11) is 0. The molecule has 0 aliphatic rings. The zero-order valence-electron chi connectivity index (χ0n) is 45.3. The van der Waals surface area contributed by atoms with Crippen LogP contribution in [0.15, 0.2) is 85.1 Å².